The summed E-state index contributed by atoms with van der Waals surface area (Å²) in [7, 11) is 1.59. The third kappa shape index (κ3) is 5.76. The lowest BCUT2D eigenvalue weighted by Crippen LogP contribution is -2.51. The fourth-order valence-electron chi connectivity index (χ4n) is 3.78. The molecular formula is C24H29N3O4. The van der Waals surface area contributed by atoms with E-state index in [0.29, 0.717) is 50.0 Å². The van der Waals surface area contributed by atoms with Crippen molar-refractivity contribution in [1.29, 1.82) is 0 Å². The third-order valence-electron chi connectivity index (χ3n) is 5.65. The molecule has 1 aliphatic heterocycles. The Morgan fingerprint density at radius 3 is 2.68 bits per heavy atom. The van der Waals surface area contributed by atoms with Crippen molar-refractivity contribution in [2.75, 3.05) is 45.2 Å². The van der Waals surface area contributed by atoms with Crippen molar-refractivity contribution >= 4 is 17.6 Å². The van der Waals surface area contributed by atoms with E-state index in [-0.39, 0.29) is 18.0 Å². The van der Waals surface area contributed by atoms with Crippen LogP contribution in [0.1, 0.15) is 23.2 Å². The summed E-state index contributed by atoms with van der Waals surface area (Å²) in [5.74, 6) is 1.19. The number of hydrogen-bond acceptors (Lipinski definition) is 4. The van der Waals surface area contributed by atoms with Gasteiger partial charge in [-0.2, -0.15) is 0 Å². The fraction of sp³-hybridized carbons (Fsp3) is 0.417. The van der Waals surface area contributed by atoms with Gasteiger partial charge in [0.15, 0.2) is 0 Å². The van der Waals surface area contributed by atoms with Crippen molar-refractivity contribution in [2.24, 2.45) is 5.92 Å². The van der Waals surface area contributed by atoms with E-state index in [1.54, 1.807) is 18.1 Å². The van der Waals surface area contributed by atoms with E-state index in [1.165, 1.54) is 0 Å². The number of amides is 3. The zero-order valence-corrected chi connectivity index (χ0v) is 17.8. The van der Waals surface area contributed by atoms with Crippen molar-refractivity contribution in [3.8, 4) is 5.75 Å². The molecule has 1 saturated carbocycles. The number of methoxy groups -OCH3 is 1. The number of urea groups is 1. The van der Waals surface area contributed by atoms with Gasteiger partial charge in [0.2, 0.25) is 0 Å². The Kier molecular flexibility index (Phi) is 6.72. The largest absolute Gasteiger partial charge is 0.497 e. The van der Waals surface area contributed by atoms with Crippen LogP contribution in [0, 0.1) is 5.92 Å². The van der Waals surface area contributed by atoms with Crippen LogP contribution in [0.4, 0.5) is 10.5 Å². The first-order valence-electron chi connectivity index (χ1n) is 10.8. The van der Waals surface area contributed by atoms with Gasteiger partial charge in [-0.3, -0.25) is 4.79 Å². The van der Waals surface area contributed by atoms with E-state index >= 15 is 0 Å². The van der Waals surface area contributed by atoms with E-state index in [2.05, 4.69) is 5.32 Å². The van der Waals surface area contributed by atoms with Crippen molar-refractivity contribution in [2.45, 2.75) is 18.9 Å². The second kappa shape index (κ2) is 9.83. The number of ether oxygens (including phenoxy) is 2. The van der Waals surface area contributed by atoms with Gasteiger partial charge in [-0.15, -0.1) is 0 Å². The molecule has 3 amide bonds. The normalized spacial score (nSPS) is 18.4. The lowest BCUT2D eigenvalue weighted by molar-refractivity contribution is -0.0266. The molecule has 0 radical (unpaired) electrons. The highest BCUT2D eigenvalue weighted by Crippen LogP contribution is 2.30. The number of nitrogens with one attached hydrogen (secondary N) is 1. The zero-order valence-electron chi connectivity index (χ0n) is 17.8. The standard InChI is InChI=1S/C24H29N3O4/c1-30-21-9-5-6-19(14-21)23(28)27(15-18-10-11-18)17-22-16-26(12-13-31-22)24(29)25-20-7-3-2-4-8-20/h2-9,14,18,22H,10-13,15-17H2,1H3,(H,25,29). The summed E-state index contributed by atoms with van der Waals surface area (Å²) in [5, 5.41) is 2.93. The molecule has 1 aliphatic carbocycles. The maximum atomic E-state index is 13.2. The van der Waals surface area contributed by atoms with Crippen molar-refractivity contribution < 1.29 is 19.1 Å². The predicted molar refractivity (Wildman–Crippen MR) is 118 cm³/mol. The first-order valence-corrected chi connectivity index (χ1v) is 10.8. The lowest BCUT2D eigenvalue weighted by atomic mass is 10.1. The molecule has 2 aliphatic rings. The van der Waals surface area contributed by atoms with E-state index < -0.39 is 0 Å². The van der Waals surface area contributed by atoms with Gasteiger partial charge in [0.05, 0.1) is 26.4 Å². The molecule has 0 spiro atoms. The first-order chi connectivity index (χ1) is 15.1. The smallest absolute Gasteiger partial charge is 0.322 e. The van der Waals surface area contributed by atoms with Gasteiger partial charge in [-0.1, -0.05) is 24.3 Å². The number of nitrogens with zero attached hydrogens (tertiary/aromatic N) is 2. The Hall–Kier alpha value is -3.06. The summed E-state index contributed by atoms with van der Waals surface area (Å²) in [5.41, 5.74) is 1.37. The molecule has 31 heavy (non-hydrogen) atoms. The fourth-order valence-corrected chi connectivity index (χ4v) is 3.78. The summed E-state index contributed by atoms with van der Waals surface area (Å²) in [6, 6.07) is 16.5. The van der Waals surface area contributed by atoms with Crippen LogP contribution < -0.4 is 10.1 Å². The molecule has 7 nitrogen and oxygen atoms in total. The number of carbonyl (C=O) groups is 2. The molecule has 2 aromatic rings. The maximum absolute atomic E-state index is 13.2. The highest BCUT2D eigenvalue weighted by molar-refractivity contribution is 5.94. The van der Waals surface area contributed by atoms with Crippen LogP contribution in [0.15, 0.2) is 54.6 Å². The van der Waals surface area contributed by atoms with Crippen molar-refractivity contribution in [3.63, 3.8) is 0 Å². The molecular weight excluding hydrogens is 394 g/mol. The quantitative estimate of drug-likeness (QED) is 0.740. The van der Waals surface area contributed by atoms with Gasteiger partial charge in [-0.25, -0.2) is 4.79 Å². The van der Waals surface area contributed by atoms with Gasteiger partial charge in [0, 0.05) is 30.9 Å². The minimum absolute atomic E-state index is 0.0275. The average molecular weight is 424 g/mol. The second-order valence-electron chi connectivity index (χ2n) is 8.12. The Bertz CT molecular complexity index is 901. The molecule has 2 aromatic carbocycles. The van der Waals surface area contributed by atoms with Crippen molar-refractivity contribution in [1.82, 2.24) is 9.80 Å². The number of rotatable bonds is 7. The molecule has 164 valence electrons. The monoisotopic (exact) mass is 423 g/mol. The van der Waals surface area contributed by atoms with E-state index in [4.69, 9.17) is 9.47 Å². The molecule has 1 heterocycles. The summed E-state index contributed by atoms with van der Waals surface area (Å²) in [6.45, 7) is 2.61. The number of hydrogen-bond donors (Lipinski definition) is 1. The highest BCUT2D eigenvalue weighted by atomic mass is 16.5. The van der Waals surface area contributed by atoms with Gasteiger partial charge >= 0.3 is 6.03 Å². The van der Waals surface area contributed by atoms with Crippen molar-refractivity contribution in [3.05, 3.63) is 60.2 Å². The summed E-state index contributed by atoms with van der Waals surface area (Å²) in [4.78, 5) is 29.5. The highest BCUT2D eigenvalue weighted by Gasteiger charge is 2.32. The Morgan fingerprint density at radius 2 is 1.94 bits per heavy atom. The Labute approximate surface area is 182 Å². The number of para-hydroxylation sites is 1. The lowest BCUT2D eigenvalue weighted by Gasteiger charge is -2.36. The third-order valence-corrected chi connectivity index (χ3v) is 5.65. The predicted octanol–water partition coefficient (Wildman–Crippen LogP) is 3.48. The molecule has 2 fully saturated rings. The van der Waals surface area contributed by atoms with Gasteiger partial charge in [0.25, 0.3) is 5.91 Å². The van der Waals surface area contributed by atoms with Crippen LogP contribution in [0.3, 0.4) is 0 Å². The van der Waals surface area contributed by atoms with Crippen LogP contribution in [-0.2, 0) is 4.74 Å². The van der Waals surface area contributed by atoms with Gasteiger partial charge in [0.1, 0.15) is 5.75 Å². The molecule has 4 rings (SSSR count). The molecule has 1 saturated heterocycles. The summed E-state index contributed by atoms with van der Waals surface area (Å²) in [6.07, 6.45) is 2.08. The Morgan fingerprint density at radius 1 is 1.13 bits per heavy atom. The molecule has 1 N–H and O–H groups in total. The van der Waals surface area contributed by atoms with Crippen LogP contribution in [0.25, 0.3) is 0 Å². The maximum Gasteiger partial charge on any atom is 0.322 e. The number of carbonyl (C=O) groups excluding carboxylic acids is 2. The van der Waals surface area contributed by atoms with E-state index in [0.717, 1.165) is 18.5 Å². The number of morpholine rings is 1. The minimum Gasteiger partial charge on any atom is -0.497 e. The summed E-state index contributed by atoms with van der Waals surface area (Å²) < 4.78 is 11.2. The van der Waals surface area contributed by atoms with Gasteiger partial charge in [-0.05, 0) is 49.1 Å². The van der Waals surface area contributed by atoms with Crippen LogP contribution in [0.2, 0.25) is 0 Å². The van der Waals surface area contributed by atoms with E-state index in [9.17, 15) is 9.59 Å². The zero-order chi connectivity index (χ0) is 21.6. The molecule has 7 heteroatoms. The van der Waals surface area contributed by atoms with Crippen LogP contribution in [-0.4, -0.2) is 67.7 Å². The average Bonchev–Trinajstić information content (AvgIpc) is 3.63. The SMILES string of the molecule is COc1cccc(C(=O)N(CC2CC2)CC2CN(C(=O)Nc3ccccc3)CCO2)c1. The van der Waals surface area contributed by atoms with Crippen LogP contribution in [0.5, 0.6) is 5.75 Å². The Balaban J connectivity index is 1.40. The topological polar surface area (TPSA) is 71.1 Å². The van der Waals surface area contributed by atoms with E-state index in [1.807, 2.05) is 53.4 Å². The first kappa shape index (κ1) is 21.2. The molecule has 1 unspecified atom stereocenters. The second-order valence-corrected chi connectivity index (χ2v) is 8.12. The molecule has 0 aromatic heterocycles. The molecule has 0 bridgehead atoms. The molecule has 1 atom stereocenters. The van der Waals surface area contributed by atoms with Gasteiger partial charge < -0.3 is 24.6 Å². The number of anilines is 1. The minimum atomic E-state index is -0.219. The summed E-state index contributed by atoms with van der Waals surface area (Å²) >= 11 is 0. The number of benzene rings is 2. The van der Waals surface area contributed by atoms with Crippen LogP contribution >= 0.6 is 0 Å².